The van der Waals surface area contributed by atoms with Crippen LogP contribution in [0.4, 0.5) is 10.1 Å². The van der Waals surface area contributed by atoms with Gasteiger partial charge in [0.25, 0.3) is 0 Å². The van der Waals surface area contributed by atoms with Gasteiger partial charge in [-0.3, -0.25) is 0 Å². The van der Waals surface area contributed by atoms with Crippen molar-refractivity contribution < 1.29 is 4.39 Å². The van der Waals surface area contributed by atoms with Gasteiger partial charge in [-0.25, -0.2) is 4.39 Å². The summed E-state index contributed by atoms with van der Waals surface area (Å²) in [5, 5.41) is 0.709. The topological polar surface area (TPSA) is 3.24 Å². The molecule has 0 radical (unpaired) electrons. The molecule has 0 spiro atoms. The van der Waals surface area contributed by atoms with Crippen LogP contribution in [0.25, 0.3) is 0 Å². The van der Waals surface area contributed by atoms with Crippen molar-refractivity contribution in [3.8, 4) is 0 Å². The first-order valence-corrected chi connectivity index (χ1v) is 8.35. The second-order valence-electron chi connectivity index (χ2n) is 6.20. The van der Waals surface area contributed by atoms with Crippen LogP contribution in [0.2, 0.25) is 0 Å². The van der Waals surface area contributed by atoms with E-state index < -0.39 is 0 Å². The Kier molecular flexibility index (Phi) is 3.84. The SMILES string of the molecule is CN(CC1CC2CCC1C2)c1c(F)cccc1CBr. The van der Waals surface area contributed by atoms with Crippen molar-refractivity contribution in [2.45, 2.75) is 31.0 Å². The average Bonchev–Trinajstić information content (AvgIpc) is 3.00. The Morgan fingerprint density at radius 1 is 1.32 bits per heavy atom. The molecule has 3 heteroatoms. The average molecular weight is 326 g/mol. The minimum Gasteiger partial charge on any atom is -0.372 e. The summed E-state index contributed by atoms with van der Waals surface area (Å²) in [6, 6.07) is 5.37. The van der Waals surface area contributed by atoms with E-state index in [2.05, 4.69) is 20.8 Å². The molecule has 2 fully saturated rings. The normalized spacial score (nSPS) is 28.9. The number of fused-ring (bicyclic) bond motifs is 2. The Hall–Kier alpha value is -0.570. The fourth-order valence-electron chi connectivity index (χ4n) is 4.14. The molecule has 2 saturated carbocycles. The molecule has 3 atom stereocenters. The molecule has 0 heterocycles. The van der Waals surface area contributed by atoms with Crippen LogP contribution >= 0.6 is 15.9 Å². The van der Waals surface area contributed by atoms with Crippen molar-refractivity contribution in [1.29, 1.82) is 0 Å². The number of hydrogen-bond acceptors (Lipinski definition) is 1. The van der Waals surface area contributed by atoms with E-state index in [9.17, 15) is 4.39 Å². The summed E-state index contributed by atoms with van der Waals surface area (Å²) < 4.78 is 14.1. The number of alkyl halides is 1. The van der Waals surface area contributed by atoms with Crippen LogP contribution in [0.1, 0.15) is 31.2 Å². The number of hydrogen-bond donors (Lipinski definition) is 0. The first-order chi connectivity index (χ1) is 9.19. The van der Waals surface area contributed by atoms with Crippen LogP contribution < -0.4 is 4.90 Å². The van der Waals surface area contributed by atoms with Gasteiger partial charge in [0.15, 0.2) is 0 Å². The molecular formula is C16H21BrFN. The zero-order chi connectivity index (χ0) is 13.4. The molecule has 2 aliphatic rings. The van der Waals surface area contributed by atoms with Crippen molar-refractivity contribution in [2.24, 2.45) is 17.8 Å². The largest absolute Gasteiger partial charge is 0.372 e. The van der Waals surface area contributed by atoms with Crippen LogP contribution in [-0.4, -0.2) is 13.6 Å². The number of rotatable bonds is 4. The Morgan fingerprint density at radius 3 is 2.79 bits per heavy atom. The molecule has 2 bridgehead atoms. The smallest absolute Gasteiger partial charge is 0.146 e. The summed E-state index contributed by atoms with van der Waals surface area (Å²) in [5.41, 5.74) is 1.83. The van der Waals surface area contributed by atoms with E-state index in [1.165, 1.54) is 25.7 Å². The number of halogens is 2. The zero-order valence-electron chi connectivity index (χ0n) is 11.4. The maximum Gasteiger partial charge on any atom is 0.146 e. The van der Waals surface area contributed by atoms with E-state index in [1.54, 1.807) is 12.1 Å². The molecule has 0 saturated heterocycles. The van der Waals surface area contributed by atoms with Gasteiger partial charge in [-0.05, 0) is 48.6 Å². The summed E-state index contributed by atoms with van der Waals surface area (Å²) in [7, 11) is 2.04. The summed E-state index contributed by atoms with van der Waals surface area (Å²) in [4.78, 5) is 2.14. The zero-order valence-corrected chi connectivity index (χ0v) is 13.0. The Morgan fingerprint density at radius 2 is 2.16 bits per heavy atom. The van der Waals surface area contributed by atoms with Crippen LogP contribution in [-0.2, 0) is 5.33 Å². The predicted octanol–water partition coefficient (Wildman–Crippen LogP) is 4.59. The van der Waals surface area contributed by atoms with Crippen LogP contribution in [0, 0.1) is 23.6 Å². The highest BCUT2D eigenvalue weighted by molar-refractivity contribution is 9.08. The Balaban J connectivity index is 1.75. The molecule has 1 aromatic rings. The summed E-state index contributed by atoms with van der Waals surface area (Å²) in [6.45, 7) is 1.00. The van der Waals surface area contributed by atoms with Crippen molar-refractivity contribution in [1.82, 2.24) is 0 Å². The molecule has 0 N–H and O–H groups in total. The monoisotopic (exact) mass is 325 g/mol. The van der Waals surface area contributed by atoms with Crippen LogP contribution in [0.3, 0.4) is 0 Å². The number of para-hydroxylation sites is 1. The van der Waals surface area contributed by atoms with E-state index in [1.807, 2.05) is 13.1 Å². The first-order valence-electron chi connectivity index (χ1n) is 7.23. The second kappa shape index (κ2) is 5.43. The van der Waals surface area contributed by atoms with Gasteiger partial charge in [-0.15, -0.1) is 0 Å². The van der Waals surface area contributed by atoms with Crippen molar-refractivity contribution in [2.75, 3.05) is 18.5 Å². The molecule has 0 amide bonds. The van der Waals surface area contributed by atoms with Gasteiger partial charge in [-0.1, -0.05) is 34.5 Å². The van der Waals surface area contributed by atoms with Gasteiger partial charge < -0.3 is 4.90 Å². The lowest BCUT2D eigenvalue weighted by atomic mass is 9.88. The molecule has 0 aromatic heterocycles. The van der Waals surface area contributed by atoms with Crippen molar-refractivity contribution in [3.05, 3.63) is 29.6 Å². The number of anilines is 1. The van der Waals surface area contributed by atoms with Gasteiger partial charge in [0.1, 0.15) is 5.82 Å². The van der Waals surface area contributed by atoms with Gasteiger partial charge in [0.05, 0.1) is 5.69 Å². The highest BCUT2D eigenvalue weighted by atomic mass is 79.9. The van der Waals surface area contributed by atoms with Gasteiger partial charge in [0, 0.05) is 18.9 Å². The van der Waals surface area contributed by atoms with Crippen LogP contribution in [0.5, 0.6) is 0 Å². The fourth-order valence-corrected chi connectivity index (χ4v) is 4.59. The lowest BCUT2D eigenvalue weighted by Gasteiger charge is -2.30. The Labute approximate surface area is 123 Å². The number of benzene rings is 1. The third-order valence-electron chi connectivity index (χ3n) is 4.99. The molecule has 3 unspecified atom stereocenters. The highest BCUT2D eigenvalue weighted by Crippen LogP contribution is 2.48. The summed E-state index contributed by atoms with van der Waals surface area (Å²) in [6.07, 6.45) is 5.59. The fraction of sp³-hybridized carbons (Fsp3) is 0.625. The highest BCUT2D eigenvalue weighted by Gasteiger charge is 2.39. The maximum absolute atomic E-state index is 14.1. The van der Waals surface area contributed by atoms with Crippen molar-refractivity contribution >= 4 is 21.6 Å². The minimum atomic E-state index is -0.0948. The van der Waals surface area contributed by atoms with Gasteiger partial charge in [-0.2, -0.15) is 0 Å². The summed E-state index contributed by atoms with van der Waals surface area (Å²) in [5.74, 6) is 2.53. The third kappa shape index (κ3) is 2.54. The van der Waals surface area contributed by atoms with E-state index >= 15 is 0 Å². The van der Waals surface area contributed by atoms with E-state index in [-0.39, 0.29) is 5.82 Å². The summed E-state index contributed by atoms with van der Waals surface area (Å²) >= 11 is 3.46. The quantitative estimate of drug-likeness (QED) is 0.731. The lowest BCUT2D eigenvalue weighted by molar-refractivity contribution is 0.337. The third-order valence-corrected chi connectivity index (χ3v) is 5.59. The van der Waals surface area contributed by atoms with E-state index in [0.717, 1.165) is 35.5 Å². The van der Waals surface area contributed by atoms with Crippen molar-refractivity contribution in [3.63, 3.8) is 0 Å². The van der Waals surface area contributed by atoms with Gasteiger partial charge >= 0.3 is 0 Å². The number of nitrogens with zero attached hydrogens (tertiary/aromatic N) is 1. The predicted molar refractivity (Wildman–Crippen MR) is 81.2 cm³/mol. The molecule has 2 aliphatic carbocycles. The van der Waals surface area contributed by atoms with E-state index in [4.69, 9.17) is 0 Å². The molecule has 0 aliphatic heterocycles. The molecular weight excluding hydrogens is 305 g/mol. The minimum absolute atomic E-state index is 0.0948. The molecule has 1 aromatic carbocycles. The second-order valence-corrected chi connectivity index (χ2v) is 6.76. The molecule has 104 valence electrons. The van der Waals surface area contributed by atoms with E-state index in [0.29, 0.717) is 5.33 Å². The van der Waals surface area contributed by atoms with Gasteiger partial charge in [0.2, 0.25) is 0 Å². The first kappa shape index (κ1) is 13.4. The molecule has 19 heavy (non-hydrogen) atoms. The lowest BCUT2D eigenvalue weighted by Crippen LogP contribution is -2.29. The molecule has 1 nitrogen and oxygen atoms in total. The van der Waals surface area contributed by atoms with Crippen LogP contribution in [0.15, 0.2) is 18.2 Å². The standard InChI is InChI=1S/C16H21BrFN/c1-19(10-14-8-11-5-6-12(14)7-11)16-13(9-17)3-2-4-15(16)18/h2-4,11-12,14H,5-10H2,1H3. The maximum atomic E-state index is 14.1. The molecule has 3 rings (SSSR count). The Bertz CT molecular complexity index is 462.